The van der Waals surface area contributed by atoms with Crippen LogP contribution in [-0.2, 0) is 4.74 Å². The van der Waals surface area contributed by atoms with Gasteiger partial charge in [0.1, 0.15) is 5.75 Å². The Morgan fingerprint density at radius 3 is 2.32 bits per heavy atom. The van der Waals surface area contributed by atoms with E-state index in [0.717, 1.165) is 0 Å². The van der Waals surface area contributed by atoms with Crippen LogP contribution in [0.15, 0.2) is 48.5 Å². The molecule has 0 N–H and O–H groups in total. The van der Waals surface area contributed by atoms with Gasteiger partial charge in [-0.25, -0.2) is 4.79 Å². The minimum absolute atomic E-state index is 0.0895. The second-order valence-corrected chi connectivity index (χ2v) is 4.32. The number of hydrogen-bond acceptors (Lipinski definition) is 5. The van der Waals surface area contributed by atoms with Crippen LogP contribution in [-0.4, -0.2) is 24.8 Å². The van der Waals surface area contributed by atoms with Crippen molar-refractivity contribution in [3.8, 4) is 5.75 Å². The van der Waals surface area contributed by atoms with E-state index in [2.05, 4.69) is 0 Å². The summed E-state index contributed by atoms with van der Waals surface area (Å²) in [6, 6.07) is 12.7. The van der Waals surface area contributed by atoms with E-state index in [1.54, 1.807) is 43.3 Å². The quantitative estimate of drug-likeness (QED) is 0.367. The lowest BCUT2D eigenvalue weighted by Gasteiger charge is -2.10. The van der Waals surface area contributed by atoms with Crippen LogP contribution in [0.1, 0.15) is 33.2 Å². The SMILES string of the molecule is CCOC(=O)Oc1ccccc1C(=O)c1ccccc1C=O. The minimum atomic E-state index is -0.883. The van der Waals surface area contributed by atoms with Gasteiger partial charge in [-0.2, -0.15) is 0 Å². The van der Waals surface area contributed by atoms with Crippen molar-refractivity contribution < 1.29 is 23.9 Å². The highest BCUT2D eigenvalue weighted by Crippen LogP contribution is 2.23. The van der Waals surface area contributed by atoms with E-state index in [0.29, 0.717) is 6.29 Å². The van der Waals surface area contributed by atoms with Gasteiger partial charge in [0, 0.05) is 11.1 Å². The van der Waals surface area contributed by atoms with Gasteiger partial charge >= 0.3 is 6.16 Å². The molecule has 5 heteroatoms. The molecule has 0 unspecified atom stereocenters. The van der Waals surface area contributed by atoms with Crippen LogP contribution < -0.4 is 4.74 Å². The highest BCUT2D eigenvalue weighted by Gasteiger charge is 2.19. The number of hydrogen-bond donors (Lipinski definition) is 0. The lowest BCUT2D eigenvalue weighted by Crippen LogP contribution is -2.13. The molecular formula is C17H14O5. The van der Waals surface area contributed by atoms with Crippen molar-refractivity contribution in [3.05, 3.63) is 65.2 Å². The smallest absolute Gasteiger partial charge is 0.434 e. The van der Waals surface area contributed by atoms with Gasteiger partial charge in [0.2, 0.25) is 0 Å². The lowest BCUT2D eigenvalue weighted by atomic mass is 9.98. The highest BCUT2D eigenvalue weighted by atomic mass is 16.7. The zero-order valence-electron chi connectivity index (χ0n) is 11.9. The summed E-state index contributed by atoms with van der Waals surface area (Å²) in [5.74, 6) is -0.311. The molecule has 0 aliphatic carbocycles. The summed E-state index contributed by atoms with van der Waals surface area (Å²) in [6.45, 7) is 1.82. The number of aldehydes is 1. The number of carbonyl (C=O) groups excluding carboxylic acids is 3. The van der Waals surface area contributed by atoms with Crippen LogP contribution in [0.4, 0.5) is 4.79 Å². The summed E-state index contributed by atoms with van der Waals surface area (Å²) in [5.41, 5.74) is 0.709. The van der Waals surface area contributed by atoms with Gasteiger partial charge in [0.05, 0.1) is 12.2 Å². The van der Waals surface area contributed by atoms with Crippen molar-refractivity contribution in [3.63, 3.8) is 0 Å². The van der Waals surface area contributed by atoms with Crippen molar-refractivity contribution in [2.24, 2.45) is 0 Å². The third-order valence-corrected chi connectivity index (χ3v) is 2.92. The largest absolute Gasteiger partial charge is 0.513 e. The standard InChI is InChI=1S/C17H14O5/c1-2-21-17(20)22-15-10-6-5-9-14(15)16(19)13-8-4-3-7-12(13)11-18/h3-11H,2H2,1H3. The van der Waals surface area contributed by atoms with Gasteiger partial charge in [-0.1, -0.05) is 36.4 Å². The van der Waals surface area contributed by atoms with Gasteiger partial charge in [-0.15, -0.1) is 0 Å². The first-order chi connectivity index (χ1) is 10.7. The first-order valence-corrected chi connectivity index (χ1v) is 6.70. The van der Waals surface area contributed by atoms with E-state index in [1.165, 1.54) is 12.1 Å². The van der Waals surface area contributed by atoms with E-state index in [4.69, 9.17) is 9.47 Å². The molecule has 0 aliphatic rings. The summed E-state index contributed by atoms with van der Waals surface area (Å²) in [4.78, 5) is 35.1. The molecule has 0 radical (unpaired) electrons. The van der Waals surface area contributed by atoms with Crippen molar-refractivity contribution >= 4 is 18.2 Å². The van der Waals surface area contributed by atoms with E-state index in [1.807, 2.05) is 0 Å². The first kappa shape index (κ1) is 15.4. The first-order valence-electron chi connectivity index (χ1n) is 6.70. The molecule has 112 valence electrons. The molecule has 5 nitrogen and oxygen atoms in total. The minimum Gasteiger partial charge on any atom is -0.434 e. The van der Waals surface area contributed by atoms with Crippen LogP contribution >= 0.6 is 0 Å². The molecule has 0 heterocycles. The Morgan fingerprint density at radius 1 is 1.00 bits per heavy atom. The van der Waals surface area contributed by atoms with Crippen LogP contribution in [0.5, 0.6) is 5.75 Å². The molecule has 0 bridgehead atoms. The molecule has 0 atom stereocenters. The maximum Gasteiger partial charge on any atom is 0.513 e. The second kappa shape index (κ2) is 7.17. The van der Waals surface area contributed by atoms with E-state index in [9.17, 15) is 14.4 Å². The van der Waals surface area contributed by atoms with E-state index in [-0.39, 0.29) is 29.0 Å². The maximum absolute atomic E-state index is 12.6. The topological polar surface area (TPSA) is 69.7 Å². The lowest BCUT2D eigenvalue weighted by molar-refractivity contribution is 0.0995. The Morgan fingerprint density at radius 2 is 1.64 bits per heavy atom. The third kappa shape index (κ3) is 3.38. The molecule has 0 saturated heterocycles. The van der Waals surface area contributed by atoms with Crippen molar-refractivity contribution in [2.75, 3.05) is 6.61 Å². The zero-order valence-corrected chi connectivity index (χ0v) is 11.9. The van der Waals surface area contributed by atoms with E-state index < -0.39 is 11.9 Å². The fourth-order valence-electron chi connectivity index (χ4n) is 1.93. The van der Waals surface area contributed by atoms with Crippen LogP contribution in [0.25, 0.3) is 0 Å². The average Bonchev–Trinajstić information content (AvgIpc) is 2.55. The summed E-state index contributed by atoms with van der Waals surface area (Å²) >= 11 is 0. The van der Waals surface area contributed by atoms with Gasteiger partial charge in [-0.05, 0) is 19.1 Å². The molecule has 0 saturated carbocycles. The van der Waals surface area contributed by atoms with Crippen molar-refractivity contribution in [1.82, 2.24) is 0 Å². The Bertz CT molecular complexity index is 706. The normalized spacial score (nSPS) is 9.86. The number of ketones is 1. The van der Waals surface area contributed by atoms with Gasteiger partial charge < -0.3 is 9.47 Å². The second-order valence-electron chi connectivity index (χ2n) is 4.32. The average molecular weight is 298 g/mol. The van der Waals surface area contributed by atoms with Gasteiger partial charge in [0.25, 0.3) is 0 Å². The molecule has 0 fully saturated rings. The molecular weight excluding hydrogens is 284 g/mol. The van der Waals surface area contributed by atoms with Crippen LogP contribution in [0, 0.1) is 0 Å². The maximum atomic E-state index is 12.6. The van der Waals surface area contributed by atoms with Crippen LogP contribution in [0.2, 0.25) is 0 Å². The van der Waals surface area contributed by atoms with Crippen LogP contribution in [0.3, 0.4) is 0 Å². The molecule has 0 spiro atoms. The van der Waals surface area contributed by atoms with Crippen molar-refractivity contribution in [2.45, 2.75) is 6.92 Å². The molecule has 2 aromatic carbocycles. The summed E-state index contributed by atoms with van der Waals surface area (Å²) < 4.78 is 9.73. The molecule has 0 aromatic heterocycles. The third-order valence-electron chi connectivity index (χ3n) is 2.92. The highest BCUT2D eigenvalue weighted by molar-refractivity contribution is 6.14. The Hall–Kier alpha value is -2.95. The fraction of sp³-hybridized carbons (Fsp3) is 0.118. The molecule has 2 aromatic rings. The summed E-state index contributed by atoms with van der Waals surface area (Å²) in [6.07, 6.45) is -0.270. The molecule has 0 amide bonds. The fourth-order valence-corrected chi connectivity index (χ4v) is 1.93. The summed E-state index contributed by atoms with van der Waals surface area (Å²) in [7, 11) is 0. The number of carbonyl (C=O) groups is 3. The van der Waals surface area contributed by atoms with E-state index >= 15 is 0 Å². The van der Waals surface area contributed by atoms with Gasteiger partial charge in [-0.3, -0.25) is 9.59 Å². The number of rotatable bonds is 5. The van der Waals surface area contributed by atoms with Gasteiger partial charge in [0.15, 0.2) is 12.1 Å². The summed E-state index contributed by atoms with van der Waals surface area (Å²) in [5, 5.41) is 0. The van der Waals surface area contributed by atoms with Crippen molar-refractivity contribution in [1.29, 1.82) is 0 Å². The predicted octanol–water partition coefficient (Wildman–Crippen LogP) is 3.27. The number of ether oxygens (including phenoxy) is 2. The Kier molecular flexibility index (Phi) is 5.03. The Balaban J connectivity index is 2.38. The predicted molar refractivity (Wildman–Crippen MR) is 79.4 cm³/mol. The number of para-hydroxylation sites is 1. The molecule has 22 heavy (non-hydrogen) atoms. The monoisotopic (exact) mass is 298 g/mol. The Labute approximate surface area is 127 Å². The zero-order chi connectivity index (χ0) is 15.9. The number of benzene rings is 2. The molecule has 2 rings (SSSR count). The molecule has 0 aliphatic heterocycles.